The molecule has 0 aliphatic heterocycles. The number of aryl methyl sites for hydroxylation is 2. The van der Waals surface area contributed by atoms with Crippen molar-refractivity contribution in [1.82, 2.24) is 14.9 Å². The summed E-state index contributed by atoms with van der Waals surface area (Å²) in [6.07, 6.45) is 9.92. The highest BCUT2D eigenvalue weighted by Gasteiger charge is 2.29. The maximum Gasteiger partial charge on any atom is 0.220 e. The molecule has 1 saturated carbocycles. The van der Waals surface area contributed by atoms with Crippen LogP contribution in [0.25, 0.3) is 0 Å². The predicted molar refractivity (Wildman–Crippen MR) is 77.2 cm³/mol. The Morgan fingerprint density at radius 1 is 1.45 bits per heavy atom. The Morgan fingerprint density at radius 2 is 2.20 bits per heavy atom. The molecule has 1 aromatic rings. The Bertz CT molecular complexity index is 436. The summed E-state index contributed by atoms with van der Waals surface area (Å²) in [5.74, 6) is 1.00. The number of nitrogens with one attached hydrogen (secondary N) is 1. The van der Waals surface area contributed by atoms with Crippen molar-refractivity contribution in [1.29, 1.82) is 0 Å². The van der Waals surface area contributed by atoms with Gasteiger partial charge in [-0.1, -0.05) is 19.3 Å². The van der Waals surface area contributed by atoms with Gasteiger partial charge >= 0.3 is 0 Å². The van der Waals surface area contributed by atoms with E-state index in [1.807, 2.05) is 17.7 Å². The quantitative estimate of drug-likeness (QED) is 0.834. The third kappa shape index (κ3) is 4.34. The summed E-state index contributed by atoms with van der Waals surface area (Å²) in [6.45, 7) is 3.16. The first-order valence-electron chi connectivity index (χ1n) is 7.56. The van der Waals surface area contributed by atoms with E-state index in [1.54, 1.807) is 6.20 Å². The lowest BCUT2D eigenvalue weighted by Crippen LogP contribution is -2.44. The van der Waals surface area contributed by atoms with Crippen LogP contribution in [0.2, 0.25) is 0 Å². The number of nitrogens with zero attached hydrogens (tertiary/aromatic N) is 2. The molecule has 1 aliphatic rings. The Balaban J connectivity index is 1.64. The van der Waals surface area contributed by atoms with E-state index in [4.69, 9.17) is 0 Å². The lowest BCUT2D eigenvalue weighted by molar-refractivity contribution is -0.122. The standard InChI is InChI=1S/C15H25N3O2/c1-13-16-9-11-18(13)10-5-6-14(19)17-12-15(20)7-3-2-4-8-15/h9,11,20H,2-8,10,12H2,1H3,(H,17,19). The molecule has 1 aromatic heterocycles. The maximum atomic E-state index is 11.8. The van der Waals surface area contributed by atoms with Crippen LogP contribution in [-0.4, -0.2) is 32.7 Å². The molecule has 1 fully saturated rings. The summed E-state index contributed by atoms with van der Waals surface area (Å²) >= 11 is 0. The second kappa shape index (κ2) is 6.88. The number of aromatic nitrogens is 2. The molecule has 5 heteroatoms. The van der Waals surface area contributed by atoms with Gasteiger partial charge < -0.3 is 15.0 Å². The van der Waals surface area contributed by atoms with Crippen molar-refractivity contribution in [2.45, 2.75) is 64.0 Å². The highest BCUT2D eigenvalue weighted by Crippen LogP contribution is 2.27. The molecule has 0 bridgehead atoms. The van der Waals surface area contributed by atoms with Crippen LogP contribution >= 0.6 is 0 Å². The van der Waals surface area contributed by atoms with Crippen LogP contribution in [0.5, 0.6) is 0 Å². The summed E-state index contributed by atoms with van der Waals surface area (Å²) < 4.78 is 2.04. The van der Waals surface area contributed by atoms with Gasteiger partial charge in [0.2, 0.25) is 5.91 Å². The number of rotatable bonds is 6. The minimum Gasteiger partial charge on any atom is -0.388 e. The Labute approximate surface area is 120 Å². The van der Waals surface area contributed by atoms with E-state index in [2.05, 4.69) is 10.3 Å². The van der Waals surface area contributed by atoms with Crippen molar-refractivity contribution in [2.24, 2.45) is 0 Å². The highest BCUT2D eigenvalue weighted by molar-refractivity contribution is 5.75. The number of hydrogen-bond acceptors (Lipinski definition) is 3. The summed E-state index contributed by atoms with van der Waals surface area (Å²) in [4.78, 5) is 15.9. The zero-order valence-electron chi connectivity index (χ0n) is 12.3. The predicted octanol–water partition coefficient (Wildman–Crippen LogP) is 1.78. The molecule has 2 N–H and O–H groups in total. The van der Waals surface area contributed by atoms with E-state index in [0.717, 1.165) is 44.5 Å². The molecule has 0 spiro atoms. The monoisotopic (exact) mass is 279 g/mol. The molecule has 0 unspecified atom stereocenters. The SMILES string of the molecule is Cc1nccn1CCCC(=O)NCC1(O)CCCCC1. The molecule has 0 atom stereocenters. The molecule has 5 nitrogen and oxygen atoms in total. The largest absolute Gasteiger partial charge is 0.388 e. The number of hydrogen-bond donors (Lipinski definition) is 2. The van der Waals surface area contributed by atoms with Crippen molar-refractivity contribution in [3.8, 4) is 0 Å². The third-order valence-electron chi connectivity index (χ3n) is 4.13. The molecule has 1 aliphatic carbocycles. The minimum absolute atomic E-state index is 0.0294. The van der Waals surface area contributed by atoms with Gasteiger partial charge in [0, 0.05) is 31.9 Å². The van der Waals surface area contributed by atoms with Crippen LogP contribution in [0.3, 0.4) is 0 Å². The molecule has 1 amide bonds. The Hall–Kier alpha value is -1.36. The summed E-state index contributed by atoms with van der Waals surface area (Å²) in [5, 5.41) is 13.2. The van der Waals surface area contributed by atoms with Gasteiger partial charge in [-0.15, -0.1) is 0 Å². The molecule has 0 radical (unpaired) electrons. The molecule has 0 aromatic carbocycles. The van der Waals surface area contributed by atoms with E-state index in [9.17, 15) is 9.90 Å². The lowest BCUT2D eigenvalue weighted by Gasteiger charge is -2.32. The smallest absolute Gasteiger partial charge is 0.220 e. The summed E-state index contributed by atoms with van der Waals surface area (Å²) in [6, 6.07) is 0. The average Bonchev–Trinajstić information content (AvgIpc) is 2.83. The van der Waals surface area contributed by atoms with Gasteiger partial charge in [0.25, 0.3) is 0 Å². The van der Waals surface area contributed by atoms with Gasteiger partial charge in [0.15, 0.2) is 0 Å². The molecular formula is C15H25N3O2. The first-order valence-corrected chi connectivity index (χ1v) is 7.56. The summed E-state index contributed by atoms with van der Waals surface area (Å²) in [5.41, 5.74) is -0.672. The van der Waals surface area contributed by atoms with E-state index in [-0.39, 0.29) is 5.91 Å². The van der Waals surface area contributed by atoms with Gasteiger partial charge in [0.05, 0.1) is 5.60 Å². The van der Waals surface area contributed by atoms with Crippen LogP contribution < -0.4 is 5.32 Å². The van der Waals surface area contributed by atoms with E-state index in [1.165, 1.54) is 6.42 Å². The second-order valence-electron chi connectivity index (χ2n) is 5.83. The van der Waals surface area contributed by atoms with E-state index >= 15 is 0 Å². The van der Waals surface area contributed by atoms with Gasteiger partial charge in [-0.05, 0) is 26.2 Å². The number of imidazole rings is 1. The molecule has 2 rings (SSSR count). The fraction of sp³-hybridized carbons (Fsp3) is 0.733. The second-order valence-corrected chi connectivity index (χ2v) is 5.83. The molecule has 112 valence electrons. The zero-order valence-corrected chi connectivity index (χ0v) is 12.3. The van der Waals surface area contributed by atoms with Gasteiger partial charge in [0.1, 0.15) is 5.82 Å². The first kappa shape index (κ1) is 15.0. The fourth-order valence-corrected chi connectivity index (χ4v) is 2.79. The number of aliphatic hydroxyl groups is 1. The molecule has 20 heavy (non-hydrogen) atoms. The number of amides is 1. The number of carbonyl (C=O) groups is 1. The zero-order chi connectivity index (χ0) is 14.4. The van der Waals surface area contributed by atoms with Crippen LogP contribution in [0.4, 0.5) is 0 Å². The summed E-state index contributed by atoms with van der Waals surface area (Å²) in [7, 11) is 0. The van der Waals surface area contributed by atoms with Crippen LogP contribution in [0, 0.1) is 6.92 Å². The molecule has 1 heterocycles. The fourth-order valence-electron chi connectivity index (χ4n) is 2.79. The van der Waals surface area contributed by atoms with Crippen LogP contribution in [-0.2, 0) is 11.3 Å². The third-order valence-corrected chi connectivity index (χ3v) is 4.13. The van der Waals surface area contributed by atoms with Crippen molar-refractivity contribution in [2.75, 3.05) is 6.54 Å². The van der Waals surface area contributed by atoms with Crippen molar-refractivity contribution >= 4 is 5.91 Å². The average molecular weight is 279 g/mol. The normalized spacial score (nSPS) is 17.9. The lowest BCUT2D eigenvalue weighted by atomic mass is 9.85. The van der Waals surface area contributed by atoms with Crippen molar-refractivity contribution < 1.29 is 9.90 Å². The van der Waals surface area contributed by atoms with E-state index < -0.39 is 5.60 Å². The Kier molecular flexibility index (Phi) is 5.17. The van der Waals surface area contributed by atoms with Crippen molar-refractivity contribution in [3.05, 3.63) is 18.2 Å². The minimum atomic E-state index is -0.672. The first-order chi connectivity index (χ1) is 9.59. The van der Waals surface area contributed by atoms with Gasteiger partial charge in [-0.3, -0.25) is 4.79 Å². The Morgan fingerprint density at radius 3 is 2.85 bits per heavy atom. The number of carbonyl (C=O) groups excluding carboxylic acids is 1. The highest BCUT2D eigenvalue weighted by atomic mass is 16.3. The molecular weight excluding hydrogens is 254 g/mol. The van der Waals surface area contributed by atoms with E-state index in [0.29, 0.717) is 13.0 Å². The van der Waals surface area contributed by atoms with Gasteiger partial charge in [-0.25, -0.2) is 4.98 Å². The molecule has 0 saturated heterocycles. The van der Waals surface area contributed by atoms with Crippen molar-refractivity contribution in [3.63, 3.8) is 0 Å². The van der Waals surface area contributed by atoms with Crippen LogP contribution in [0.1, 0.15) is 50.8 Å². The topological polar surface area (TPSA) is 67.2 Å². The van der Waals surface area contributed by atoms with Gasteiger partial charge in [-0.2, -0.15) is 0 Å². The maximum absolute atomic E-state index is 11.8. The van der Waals surface area contributed by atoms with Crippen LogP contribution in [0.15, 0.2) is 12.4 Å².